The molecule has 0 bridgehead atoms. The molecule has 0 aromatic heterocycles. The minimum atomic E-state index is -0.501. The van der Waals surface area contributed by atoms with Crippen LogP contribution in [0.1, 0.15) is 30.6 Å². The molecule has 2 rings (SSSR count). The van der Waals surface area contributed by atoms with Crippen molar-refractivity contribution in [1.29, 1.82) is 0 Å². The molecule has 118 valence electrons. The summed E-state index contributed by atoms with van der Waals surface area (Å²) < 4.78 is 4.74. The highest BCUT2D eigenvalue weighted by Gasteiger charge is 2.36. The predicted molar refractivity (Wildman–Crippen MR) is 81.5 cm³/mol. The number of benzene rings is 1. The van der Waals surface area contributed by atoms with Crippen LogP contribution in [-0.4, -0.2) is 37.5 Å². The first-order chi connectivity index (χ1) is 10.4. The Bertz CT molecular complexity index is 598. The molecule has 1 heterocycles. The lowest BCUT2D eigenvalue weighted by molar-refractivity contribution is -0.126. The van der Waals surface area contributed by atoms with Crippen molar-refractivity contribution in [2.45, 2.75) is 26.3 Å². The van der Waals surface area contributed by atoms with Crippen molar-refractivity contribution in [2.75, 3.05) is 18.6 Å². The number of nitrogens with one attached hydrogen (secondary N) is 1. The quantitative estimate of drug-likeness (QED) is 0.852. The van der Waals surface area contributed by atoms with E-state index in [1.165, 1.54) is 12.0 Å². The largest absolute Gasteiger partial charge is 0.465 e. The van der Waals surface area contributed by atoms with Crippen LogP contribution in [0.3, 0.4) is 0 Å². The first-order valence-corrected chi connectivity index (χ1v) is 7.22. The number of rotatable bonds is 4. The number of carbonyl (C=O) groups excluding carboxylic acids is 3. The lowest BCUT2D eigenvalue weighted by Crippen LogP contribution is -2.37. The Morgan fingerprint density at radius 3 is 2.64 bits per heavy atom. The zero-order chi connectivity index (χ0) is 16.3. The number of ether oxygens (including phenoxy) is 1. The molecule has 1 N–H and O–H groups in total. The summed E-state index contributed by atoms with van der Waals surface area (Å²) in [6.45, 7) is 4.02. The van der Waals surface area contributed by atoms with Gasteiger partial charge >= 0.3 is 5.97 Å². The summed E-state index contributed by atoms with van der Waals surface area (Å²) in [6.07, 6.45) is 0.147. The lowest BCUT2D eigenvalue weighted by atomic mass is 10.1. The van der Waals surface area contributed by atoms with Gasteiger partial charge in [-0.3, -0.25) is 9.59 Å². The van der Waals surface area contributed by atoms with Gasteiger partial charge in [0.2, 0.25) is 11.8 Å². The molecule has 1 fully saturated rings. The van der Waals surface area contributed by atoms with Crippen molar-refractivity contribution in [1.82, 2.24) is 5.32 Å². The number of amides is 2. The molecule has 1 aliphatic rings. The number of para-hydroxylation sites is 1. The number of methoxy groups -OCH3 is 1. The summed E-state index contributed by atoms with van der Waals surface area (Å²) >= 11 is 0. The Balaban J connectivity index is 2.22. The summed E-state index contributed by atoms with van der Waals surface area (Å²) in [5.41, 5.74) is 0.808. The smallest absolute Gasteiger partial charge is 0.339 e. The fourth-order valence-corrected chi connectivity index (χ4v) is 2.51. The summed E-state index contributed by atoms with van der Waals surface area (Å²) in [7, 11) is 1.30. The van der Waals surface area contributed by atoms with Crippen LogP contribution < -0.4 is 10.2 Å². The molecule has 6 heteroatoms. The van der Waals surface area contributed by atoms with Gasteiger partial charge in [0.25, 0.3) is 0 Å². The molecule has 0 aliphatic carbocycles. The van der Waals surface area contributed by atoms with Crippen molar-refractivity contribution >= 4 is 23.5 Å². The van der Waals surface area contributed by atoms with Crippen LogP contribution in [-0.2, 0) is 14.3 Å². The molecular weight excluding hydrogens is 284 g/mol. The number of hydrogen-bond acceptors (Lipinski definition) is 4. The zero-order valence-corrected chi connectivity index (χ0v) is 13.0. The normalized spacial score (nSPS) is 17.7. The molecule has 0 radical (unpaired) electrons. The molecule has 1 atom stereocenters. The minimum absolute atomic E-state index is 0.0269. The first kappa shape index (κ1) is 16.0. The van der Waals surface area contributed by atoms with Gasteiger partial charge in [-0.15, -0.1) is 0 Å². The Labute approximate surface area is 129 Å². The molecule has 1 aromatic rings. The number of esters is 1. The van der Waals surface area contributed by atoms with Gasteiger partial charge in [-0.2, -0.15) is 0 Å². The van der Waals surface area contributed by atoms with Crippen LogP contribution in [0.15, 0.2) is 24.3 Å². The van der Waals surface area contributed by atoms with Gasteiger partial charge in [-0.25, -0.2) is 4.79 Å². The summed E-state index contributed by atoms with van der Waals surface area (Å²) in [5, 5.41) is 2.82. The van der Waals surface area contributed by atoms with Crippen LogP contribution in [0.5, 0.6) is 0 Å². The Kier molecular flexibility index (Phi) is 4.80. The average Bonchev–Trinajstić information content (AvgIpc) is 2.88. The third kappa shape index (κ3) is 3.27. The van der Waals surface area contributed by atoms with E-state index in [1.54, 1.807) is 24.3 Å². The van der Waals surface area contributed by atoms with Crippen LogP contribution >= 0.6 is 0 Å². The number of carbonyl (C=O) groups is 3. The zero-order valence-electron chi connectivity index (χ0n) is 13.0. The van der Waals surface area contributed by atoms with E-state index in [9.17, 15) is 14.4 Å². The molecule has 1 aliphatic heterocycles. The van der Waals surface area contributed by atoms with Gasteiger partial charge in [-0.1, -0.05) is 12.1 Å². The van der Waals surface area contributed by atoms with Crippen molar-refractivity contribution in [2.24, 2.45) is 5.92 Å². The van der Waals surface area contributed by atoms with Crippen molar-refractivity contribution in [3.8, 4) is 0 Å². The second-order valence-corrected chi connectivity index (χ2v) is 5.58. The predicted octanol–water partition coefficient (Wildman–Crippen LogP) is 1.35. The Morgan fingerprint density at radius 1 is 1.32 bits per heavy atom. The number of hydrogen-bond donors (Lipinski definition) is 1. The molecule has 22 heavy (non-hydrogen) atoms. The molecule has 1 saturated heterocycles. The third-order valence-electron chi connectivity index (χ3n) is 3.53. The maximum Gasteiger partial charge on any atom is 0.339 e. The average molecular weight is 304 g/mol. The fraction of sp³-hybridized carbons (Fsp3) is 0.438. The maximum absolute atomic E-state index is 12.2. The first-order valence-electron chi connectivity index (χ1n) is 7.22. The third-order valence-corrected chi connectivity index (χ3v) is 3.53. The van der Waals surface area contributed by atoms with Crippen molar-refractivity contribution in [3.05, 3.63) is 29.8 Å². The van der Waals surface area contributed by atoms with E-state index in [0.717, 1.165) is 0 Å². The summed E-state index contributed by atoms with van der Waals surface area (Å²) in [4.78, 5) is 37.6. The molecule has 1 unspecified atom stereocenters. The minimum Gasteiger partial charge on any atom is -0.465 e. The summed E-state index contributed by atoms with van der Waals surface area (Å²) in [5.74, 6) is -1.21. The van der Waals surface area contributed by atoms with Crippen LogP contribution in [0.2, 0.25) is 0 Å². The van der Waals surface area contributed by atoms with E-state index in [4.69, 9.17) is 4.74 Å². The molecule has 2 amide bonds. The van der Waals surface area contributed by atoms with Gasteiger partial charge in [0.05, 0.1) is 24.3 Å². The second-order valence-electron chi connectivity index (χ2n) is 5.58. The van der Waals surface area contributed by atoms with E-state index in [0.29, 0.717) is 11.3 Å². The van der Waals surface area contributed by atoms with E-state index in [-0.39, 0.29) is 30.8 Å². The highest BCUT2D eigenvalue weighted by Crippen LogP contribution is 2.28. The highest BCUT2D eigenvalue weighted by molar-refractivity contribution is 6.05. The lowest BCUT2D eigenvalue weighted by Gasteiger charge is -2.19. The van der Waals surface area contributed by atoms with E-state index >= 15 is 0 Å². The monoisotopic (exact) mass is 304 g/mol. The molecule has 1 aromatic carbocycles. The van der Waals surface area contributed by atoms with Gasteiger partial charge in [0.1, 0.15) is 0 Å². The fourth-order valence-electron chi connectivity index (χ4n) is 2.51. The highest BCUT2D eigenvalue weighted by atomic mass is 16.5. The number of anilines is 1. The Hall–Kier alpha value is -2.37. The van der Waals surface area contributed by atoms with Crippen LogP contribution in [0, 0.1) is 5.92 Å². The topological polar surface area (TPSA) is 75.7 Å². The van der Waals surface area contributed by atoms with Gasteiger partial charge in [0.15, 0.2) is 0 Å². The molecule has 0 saturated carbocycles. The van der Waals surface area contributed by atoms with Crippen molar-refractivity contribution < 1.29 is 19.1 Å². The SMILES string of the molecule is COC(=O)c1ccccc1N1CC(C(=O)NC(C)C)CC1=O. The van der Waals surface area contributed by atoms with Crippen LogP contribution in [0.25, 0.3) is 0 Å². The summed E-state index contributed by atoms with van der Waals surface area (Å²) in [6, 6.07) is 6.78. The van der Waals surface area contributed by atoms with Crippen LogP contribution in [0.4, 0.5) is 5.69 Å². The van der Waals surface area contributed by atoms with E-state index in [2.05, 4.69) is 5.32 Å². The molecular formula is C16H20N2O4. The molecule has 0 spiro atoms. The maximum atomic E-state index is 12.2. The second kappa shape index (κ2) is 6.60. The number of nitrogens with zero attached hydrogens (tertiary/aromatic N) is 1. The van der Waals surface area contributed by atoms with E-state index in [1.807, 2.05) is 13.8 Å². The van der Waals surface area contributed by atoms with Gasteiger partial charge in [-0.05, 0) is 26.0 Å². The Morgan fingerprint density at radius 2 is 2.00 bits per heavy atom. The van der Waals surface area contributed by atoms with Crippen molar-refractivity contribution in [3.63, 3.8) is 0 Å². The standard InChI is InChI=1S/C16H20N2O4/c1-10(2)17-15(20)11-8-14(19)18(9-11)13-7-5-4-6-12(13)16(21)22-3/h4-7,10-11H,8-9H2,1-3H3,(H,17,20). The van der Waals surface area contributed by atoms with E-state index < -0.39 is 11.9 Å². The van der Waals surface area contributed by atoms with Gasteiger partial charge < -0.3 is 15.0 Å². The van der Waals surface area contributed by atoms with Gasteiger partial charge in [0, 0.05) is 19.0 Å². The molecule has 6 nitrogen and oxygen atoms in total.